The topological polar surface area (TPSA) is 93.2 Å². The number of hydrogen-bond acceptors (Lipinski definition) is 5. The van der Waals surface area contributed by atoms with E-state index in [-0.39, 0.29) is 18.0 Å². The van der Waals surface area contributed by atoms with Crippen molar-refractivity contribution in [3.63, 3.8) is 0 Å². The molecule has 1 aromatic carbocycles. The number of hydrogen-bond donors (Lipinski definition) is 2. The summed E-state index contributed by atoms with van der Waals surface area (Å²) in [6.07, 6.45) is 3.62. The van der Waals surface area contributed by atoms with Crippen molar-refractivity contribution in [2.24, 2.45) is 0 Å². The number of fused-ring (bicyclic) bond motifs is 1. The number of benzene rings is 1. The lowest BCUT2D eigenvalue weighted by Crippen LogP contribution is -2.56. The molecule has 0 radical (unpaired) electrons. The predicted molar refractivity (Wildman–Crippen MR) is 86.6 cm³/mol. The molecular weight excluding hydrogens is 308 g/mol. The van der Waals surface area contributed by atoms with Crippen molar-refractivity contribution in [3.05, 3.63) is 47.6 Å². The van der Waals surface area contributed by atoms with Crippen LogP contribution in [0.15, 0.2) is 35.0 Å². The Kier molecular flexibility index (Phi) is 3.38. The fraction of sp³-hybridized carbons (Fsp3) is 0.353. The number of carbonyl (C=O) groups is 1. The van der Waals surface area contributed by atoms with E-state index in [4.69, 9.17) is 4.42 Å². The maximum absolute atomic E-state index is 12.5. The second-order valence-electron chi connectivity index (χ2n) is 6.29. The van der Waals surface area contributed by atoms with Crippen LogP contribution in [0.3, 0.4) is 0 Å². The van der Waals surface area contributed by atoms with E-state index < -0.39 is 6.10 Å². The molecule has 0 unspecified atom stereocenters. The summed E-state index contributed by atoms with van der Waals surface area (Å²) in [4.78, 5) is 16.7. The van der Waals surface area contributed by atoms with Gasteiger partial charge >= 0.3 is 0 Å². The van der Waals surface area contributed by atoms with Crippen LogP contribution in [0.5, 0.6) is 0 Å². The van der Waals surface area contributed by atoms with Crippen LogP contribution in [0.2, 0.25) is 0 Å². The van der Waals surface area contributed by atoms with E-state index in [1.54, 1.807) is 36.0 Å². The highest BCUT2D eigenvalue weighted by atomic mass is 16.3. The van der Waals surface area contributed by atoms with Crippen LogP contribution in [0.25, 0.3) is 11.1 Å². The molecule has 1 amide bonds. The first-order chi connectivity index (χ1) is 11.5. The van der Waals surface area contributed by atoms with Crippen LogP contribution in [0.1, 0.15) is 34.3 Å². The summed E-state index contributed by atoms with van der Waals surface area (Å²) in [5.74, 6) is 0.371. The third-order valence-corrected chi connectivity index (χ3v) is 4.41. The number of amides is 1. The monoisotopic (exact) mass is 326 g/mol. The first-order valence-electron chi connectivity index (χ1n) is 7.88. The molecule has 4 rings (SSSR count). The van der Waals surface area contributed by atoms with Gasteiger partial charge in [-0.2, -0.15) is 5.10 Å². The lowest BCUT2D eigenvalue weighted by Gasteiger charge is -2.41. The van der Waals surface area contributed by atoms with Crippen molar-refractivity contribution in [1.29, 1.82) is 0 Å². The summed E-state index contributed by atoms with van der Waals surface area (Å²) >= 11 is 0. The molecule has 0 aliphatic heterocycles. The smallest absolute Gasteiger partial charge is 0.251 e. The summed E-state index contributed by atoms with van der Waals surface area (Å²) in [5.41, 5.74) is 2.85. The Labute approximate surface area is 138 Å². The van der Waals surface area contributed by atoms with Gasteiger partial charge in [0.05, 0.1) is 24.4 Å². The zero-order valence-corrected chi connectivity index (χ0v) is 13.4. The number of nitrogens with zero attached hydrogens (tertiary/aromatic N) is 3. The summed E-state index contributed by atoms with van der Waals surface area (Å²) < 4.78 is 7.19. The van der Waals surface area contributed by atoms with Crippen molar-refractivity contribution >= 4 is 17.0 Å². The molecule has 0 bridgehead atoms. The summed E-state index contributed by atoms with van der Waals surface area (Å²) in [6.45, 7) is 3.71. The van der Waals surface area contributed by atoms with Gasteiger partial charge in [0.15, 0.2) is 11.5 Å². The standard InChI is InChI=1S/C17H18N4O3/c1-9-7-18-21(8-9)16-13(6-14(16)22)20-17(23)11-3-4-12-15(5-11)24-10(2)19-12/h3-5,7-8,13-14,16,22H,6H2,1-2H3,(H,20,23)/t13-,14+,16+/m0/s1. The molecule has 1 fully saturated rings. The molecule has 124 valence electrons. The number of oxazole rings is 1. The molecule has 7 heteroatoms. The molecule has 2 aromatic heterocycles. The maximum atomic E-state index is 12.5. The van der Waals surface area contributed by atoms with Crippen LogP contribution in [0, 0.1) is 13.8 Å². The number of rotatable bonds is 3. The number of aliphatic hydroxyl groups is 1. The van der Waals surface area contributed by atoms with Crippen molar-refractivity contribution in [2.45, 2.75) is 38.5 Å². The van der Waals surface area contributed by atoms with Crippen LogP contribution in [-0.4, -0.2) is 37.9 Å². The van der Waals surface area contributed by atoms with Crippen molar-refractivity contribution < 1.29 is 14.3 Å². The Morgan fingerprint density at radius 3 is 2.96 bits per heavy atom. The van der Waals surface area contributed by atoms with Gasteiger partial charge < -0.3 is 14.8 Å². The number of aromatic nitrogens is 3. The van der Waals surface area contributed by atoms with E-state index in [0.717, 1.165) is 11.1 Å². The van der Waals surface area contributed by atoms with Gasteiger partial charge in [-0.05, 0) is 37.1 Å². The highest BCUT2D eigenvalue weighted by Crippen LogP contribution is 2.33. The van der Waals surface area contributed by atoms with Gasteiger partial charge in [-0.15, -0.1) is 0 Å². The molecule has 1 aliphatic rings. The van der Waals surface area contributed by atoms with E-state index in [9.17, 15) is 9.90 Å². The maximum Gasteiger partial charge on any atom is 0.251 e. The molecule has 2 heterocycles. The zero-order valence-electron chi connectivity index (χ0n) is 13.4. The third kappa shape index (κ3) is 2.46. The van der Waals surface area contributed by atoms with Gasteiger partial charge in [-0.3, -0.25) is 9.48 Å². The van der Waals surface area contributed by atoms with E-state index in [1.165, 1.54) is 0 Å². The second-order valence-corrected chi connectivity index (χ2v) is 6.29. The van der Waals surface area contributed by atoms with Gasteiger partial charge in [0.1, 0.15) is 5.52 Å². The average Bonchev–Trinajstić information content (AvgIpc) is 3.10. The van der Waals surface area contributed by atoms with Crippen LogP contribution >= 0.6 is 0 Å². The minimum absolute atomic E-state index is 0.154. The lowest BCUT2D eigenvalue weighted by atomic mass is 9.83. The fourth-order valence-electron chi connectivity index (χ4n) is 3.15. The molecular formula is C17H18N4O3. The van der Waals surface area contributed by atoms with Gasteiger partial charge in [0, 0.05) is 18.7 Å². The molecule has 0 spiro atoms. The van der Waals surface area contributed by atoms with Gasteiger partial charge in [0.2, 0.25) is 0 Å². The fourth-order valence-corrected chi connectivity index (χ4v) is 3.15. The Balaban J connectivity index is 1.52. The molecule has 3 atom stereocenters. The Morgan fingerprint density at radius 1 is 1.42 bits per heavy atom. The quantitative estimate of drug-likeness (QED) is 0.765. The SMILES string of the molecule is Cc1cnn([C@H]2[C@H](O)C[C@@H]2NC(=O)c2ccc3nc(C)oc3c2)c1. The zero-order chi connectivity index (χ0) is 16.8. The number of aryl methyl sites for hydroxylation is 2. The van der Waals surface area contributed by atoms with Crippen LogP contribution < -0.4 is 5.32 Å². The van der Waals surface area contributed by atoms with Crippen molar-refractivity contribution in [2.75, 3.05) is 0 Å². The Morgan fingerprint density at radius 2 is 2.25 bits per heavy atom. The molecule has 2 N–H and O–H groups in total. The first-order valence-corrected chi connectivity index (χ1v) is 7.88. The van der Waals surface area contributed by atoms with Gasteiger partial charge in [-0.1, -0.05) is 0 Å². The largest absolute Gasteiger partial charge is 0.441 e. The predicted octanol–water partition coefficient (Wildman–Crippen LogP) is 1.75. The minimum atomic E-state index is -0.506. The second kappa shape index (κ2) is 5.45. The van der Waals surface area contributed by atoms with E-state index in [0.29, 0.717) is 23.5 Å². The average molecular weight is 326 g/mol. The van der Waals surface area contributed by atoms with Crippen LogP contribution in [-0.2, 0) is 0 Å². The molecule has 0 saturated heterocycles. The lowest BCUT2D eigenvalue weighted by molar-refractivity contribution is -0.00590. The Bertz CT molecular complexity index is 914. The van der Waals surface area contributed by atoms with E-state index in [1.807, 2.05) is 13.1 Å². The highest BCUT2D eigenvalue weighted by molar-refractivity contribution is 5.97. The van der Waals surface area contributed by atoms with Gasteiger partial charge in [-0.25, -0.2) is 4.98 Å². The van der Waals surface area contributed by atoms with Gasteiger partial charge in [0.25, 0.3) is 5.91 Å². The minimum Gasteiger partial charge on any atom is -0.441 e. The summed E-state index contributed by atoms with van der Waals surface area (Å²) in [6, 6.07) is 4.79. The molecule has 1 saturated carbocycles. The summed E-state index contributed by atoms with van der Waals surface area (Å²) in [7, 11) is 0. The molecule has 3 aromatic rings. The highest BCUT2D eigenvalue weighted by Gasteiger charge is 2.42. The molecule has 24 heavy (non-hydrogen) atoms. The van der Waals surface area contributed by atoms with Crippen molar-refractivity contribution in [3.8, 4) is 0 Å². The summed E-state index contributed by atoms with van der Waals surface area (Å²) in [5, 5.41) is 17.2. The first kappa shape index (κ1) is 14.9. The van der Waals surface area contributed by atoms with Crippen molar-refractivity contribution in [1.82, 2.24) is 20.1 Å². The molecule has 7 nitrogen and oxygen atoms in total. The number of nitrogens with one attached hydrogen (secondary N) is 1. The van der Waals surface area contributed by atoms with Crippen LogP contribution in [0.4, 0.5) is 0 Å². The van der Waals surface area contributed by atoms with E-state index >= 15 is 0 Å². The number of aliphatic hydroxyl groups excluding tert-OH is 1. The normalized spacial score (nSPS) is 23.2. The molecule has 1 aliphatic carbocycles. The third-order valence-electron chi connectivity index (χ3n) is 4.41. The number of carbonyl (C=O) groups excluding carboxylic acids is 1. The van der Waals surface area contributed by atoms with E-state index in [2.05, 4.69) is 15.4 Å². The Hall–Kier alpha value is -2.67.